The lowest BCUT2D eigenvalue weighted by atomic mass is 9.92. The molecule has 0 atom stereocenters. The molecular formula is C12H19NO. The van der Waals surface area contributed by atoms with Crippen LogP contribution in [0.4, 0.5) is 0 Å². The summed E-state index contributed by atoms with van der Waals surface area (Å²) in [6, 6.07) is 2.04. The summed E-state index contributed by atoms with van der Waals surface area (Å²) in [7, 11) is 1.65. The average Bonchev–Trinajstić information content (AvgIpc) is 2.16. The largest absolute Gasteiger partial charge is 0.481 e. The molecule has 1 heterocycles. The summed E-state index contributed by atoms with van der Waals surface area (Å²) >= 11 is 0. The number of rotatable bonds is 3. The fourth-order valence-corrected chi connectivity index (χ4v) is 1.56. The lowest BCUT2D eigenvalue weighted by Crippen LogP contribution is -2.01. The van der Waals surface area contributed by atoms with Crippen LogP contribution in [-0.2, 0) is 0 Å². The van der Waals surface area contributed by atoms with E-state index in [2.05, 4.69) is 32.7 Å². The molecule has 78 valence electrons. The van der Waals surface area contributed by atoms with Crippen LogP contribution < -0.4 is 4.74 Å². The Bertz CT molecular complexity index is 305. The maximum Gasteiger partial charge on any atom is 0.213 e. The third-order valence-electron chi connectivity index (χ3n) is 2.40. The predicted molar refractivity (Wildman–Crippen MR) is 59.0 cm³/mol. The highest BCUT2D eigenvalue weighted by atomic mass is 16.5. The van der Waals surface area contributed by atoms with Gasteiger partial charge in [0.25, 0.3) is 0 Å². The van der Waals surface area contributed by atoms with Crippen LogP contribution in [0.1, 0.15) is 50.7 Å². The molecule has 0 radical (unpaired) electrons. The summed E-state index contributed by atoms with van der Waals surface area (Å²) < 4.78 is 5.13. The Kier molecular flexibility index (Phi) is 3.50. The first kappa shape index (κ1) is 11.0. The van der Waals surface area contributed by atoms with E-state index in [1.807, 2.05) is 12.3 Å². The van der Waals surface area contributed by atoms with E-state index < -0.39 is 0 Å². The molecule has 0 aliphatic rings. The molecule has 0 fully saturated rings. The highest BCUT2D eigenvalue weighted by molar-refractivity contribution is 5.33. The Morgan fingerprint density at radius 3 is 2.07 bits per heavy atom. The highest BCUT2D eigenvalue weighted by Gasteiger charge is 2.11. The zero-order valence-electron chi connectivity index (χ0n) is 9.66. The van der Waals surface area contributed by atoms with Crippen molar-refractivity contribution in [3.05, 3.63) is 23.4 Å². The molecule has 14 heavy (non-hydrogen) atoms. The van der Waals surface area contributed by atoms with Gasteiger partial charge in [-0.3, -0.25) is 0 Å². The summed E-state index contributed by atoms with van der Waals surface area (Å²) in [5.74, 6) is 1.74. The van der Waals surface area contributed by atoms with Crippen molar-refractivity contribution < 1.29 is 4.74 Å². The normalized spacial score (nSPS) is 11.1. The van der Waals surface area contributed by atoms with Gasteiger partial charge in [0.05, 0.1) is 7.11 Å². The molecule has 0 aliphatic heterocycles. The van der Waals surface area contributed by atoms with Crippen molar-refractivity contribution in [3.63, 3.8) is 0 Å². The van der Waals surface area contributed by atoms with Gasteiger partial charge in [-0.25, -0.2) is 4.98 Å². The second-order valence-electron chi connectivity index (χ2n) is 4.16. The average molecular weight is 193 g/mol. The number of hydrogen-bond acceptors (Lipinski definition) is 2. The summed E-state index contributed by atoms with van der Waals surface area (Å²) in [5, 5.41) is 0. The third-order valence-corrected chi connectivity index (χ3v) is 2.40. The first-order valence-corrected chi connectivity index (χ1v) is 5.10. The van der Waals surface area contributed by atoms with Crippen LogP contribution in [0.25, 0.3) is 0 Å². The molecule has 0 saturated carbocycles. The van der Waals surface area contributed by atoms with E-state index in [1.165, 1.54) is 11.1 Å². The predicted octanol–water partition coefficient (Wildman–Crippen LogP) is 3.34. The van der Waals surface area contributed by atoms with E-state index in [0.717, 1.165) is 0 Å². The van der Waals surface area contributed by atoms with Gasteiger partial charge in [0.15, 0.2) is 0 Å². The first-order chi connectivity index (χ1) is 6.56. The number of aromatic nitrogens is 1. The quantitative estimate of drug-likeness (QED) is 0.734. The molecule has 0 bridgehead atoms. The zero-order valence-corrected chi connectivity index (χ0v) is 9.66. The third kappa shape index (κ3) is 2.25. The van der Waals surface area contributed by atoms with Crippen molar-refractivity contribution >= 4 is 0 Å². The second-order valence-corrected chi connectivity index (χ2v) is 4.16. The van der Waals surface area contributed by atoms with E-state index in [4.69, 9.17) is 4.74 Å². The lowest BCUT2D eigenvalue weighted by Gasteiger charge is -2.15. The van der Waals surface area contributed by atoms with Crippen LogP contribution in [0.15, 0.2) is 12.3 Å². The fraction of sp³-hybridized carbons (Fsp3) is 0.583. The smallest absolute Gasteiger partial charge is 0.213 e. The topological polar surface area (TPSA) is 22.1 Å². The van der Waals surface area contributed by atoms with E-state index >= 15 is 0 Å². The van der Waals surface area contributed by atoms with Crippen LogP contribution in [0.2, 0.25) is 0 Å². The van der Waals surface area contributed by atoms with Gasteiger partial charge < -0.3 is 4.74 Å². The minimum Gasteiger partial charge on any atom is -0.481 e. The van der Waals surface area contributed by atoms with Gasteiger partial charge in [-0.15, -0.1) is 0 Å². The van der Waals surface area contributed by atoms with Crippen LogP contribution in [0, 0.1) is 0 Å². The van der Waals surface area contributed by atoms with E-state index in [0.29, 0.717) is 17.7 Å². The van der Waals surface area contributed by atoms with Crippen LogP contribution >= 0.6 is 0 Å². The number of nitrogens with zero attached hydrogens (tertiary/aromatic N) is 1. The van der Waals surface area contributed by atoms with Gasteiger partial charge in [-0.1, -0.05) is 27.7 Å². The maximum absolute atomic E-state index is 5.13. The molecule has 2 nitrogen and oxygen atoms in total. The van der Waals surface area contributed by atoms with E-state index in [-0.39, 0.29) is 0 Å². The molecule has 0 aromatic carbocycles. The maximum atomic E-state index is 5.13. The van der Waals surface area contributed by atoms with Crippen molar-refractivity contribution in [2.75, 3.05) is 7.11 Å². The Morgan fingerprint density at radius 2 is 1.64 bits per heavy atom. The first-order valence-electron chi connectivity index (χ1n) is 5.10. The van der Waals surface area contributed by atoms with Gasteiger partial charge in [0, 0.05) is 12.3 Å². The number of ether oxygens (including phenoxy) is 1. The summed E-state index contributed by atoms with van der Waals surface area (Å²) in [6.45, 7) is 8.77. The minimum atomic E-state index is 0.518. The standard InChI is InChI=1S/C12H19NO/c1-8(2)10-6-12(14-5)13-7-11(10)9(3)4/h6-9H,1-5H3. The highest BCUT2D eigenvalue weighted by Crippen LogP contribution is 2.27. The molecule has 0 amide bonds. The molecule has 1 aromatic rings. The Hall–Kier alpha value is -1.05. The molecule has 0 N–H and O–H groups in total. The van der Waals surface area contributed by atoms with Crippen molar-refractivity contribution in [1.29, 1.82) is 0 Å². The van der Waals surface area contributed by atoms with E-state index in [1.54, 1.807) is 7.11 Å². The second kappa shape index (κ2) is 4.45. The molecule has 0 saturated heterocycles. The summed E-state index contributed by atoms with van der Waals surface area (Å²) in [5.41, 5.74) is 2.66. The van der Waals surface area contributed by atoms with Crippen molar-refractivity contribution in [1.82, 2.24) is 4.98 Å². The van der Waals surface area contributed by atoms with Gasteiger partial charge >= 0.3 is 0 Å². The summed E-state index contributed by atoms with van der Waals surface area (Å²) in [4.78, 5) is 4.24. The molecule has 1 aromatic heterocycles. The monoisotopic (exact) mass is 193 g/mol. The zero-order chi connectivity index (χ0) is 10.7. The molecule has 0 spiro atoms. The summed E-state index contributed by atoms with van der Waals surface area (Å²) in [6.07, 6.45) is 1.93. The number of methoxy groups -OCH3 is 1. The number of pyridine rings is 1. The SMILES string of the molecule is COc1cc(C(C)C)c(C(C)C)cn1. The van der Waals surface area contributed by atoms with Gasteiger partial charge in [-0.05, 0) is 23.0 Å². The van der Waals surface area contributed by atoms with Gasteiger partial charge in [-0.2, -0.15) is 0 Å². The Morgan fingerprint density at radius 1 is 1.07 bits per heavy atom. The van der Waals surface area contributed by atoms with E-state index in [9.17, 15) is 0 Å². The van der Waals surface area contributed by atoms with Crippen molar-refractivity contribution in [3.8, 4) is 5.88 Å². The van der Waals surface area contributed by atoms with Gasteiger partial charge in [0.1, 0.15) is 0 Å². The minimum absolute atomic E-state index is 0.518. The molecule has 1 rings (SSSR count). The van der Waals surface area contributed by atoms with Crippen molar-refractivity contribution in [2.24, 2.45) is 0 Å². The lowest BCUT2D eigenvalue weighted by molar-refractivity contribution is 0.396. The number of hydrogen-bond donors (Lipinski definition) is 0. The molecule has 0 unspecified atom stereocenters. The van der Waals surface area contributed by atoms with Crippen LogP contribution in [-0.4, -0.2) is 12.1 Å². The van der Waals surface area contributed by atoms with Gasteiger partial charge in [0.2, 0.25) is 5.88 Å². The van der Waals surface area contributed by atoms with Crippen molar-refractivity contribution in [2.45, 2.75) is 39.5 Å². The van der Waals surface area contributed by atoms with Crippen LogP contribution in [0.5, 0.6) is 5.88 Å². The Labute approximate surface area is 86.3 Å². The Balaban J connectivity index is 3.17. The fourth-order valence-electron chi connectivity index (χ4n) is 1.56. The molecule has 0 aliphatic carbocycles. The van der Waals surface area contributed by atoms with Crippen LogP contribution in [0.3, 0.4) is 0 Å². The molecule has 2 heteroatoms. The molecular weight excluding hydrogens is 174 g/mol.